The number of hydrogen-bond acceptors (Lipinski definition) is 2. The van der Waals surface area contributed by atoms with Gasteiger partial charge in [-0.1, -0.05) is 23.6 Å². The van der Waals surface area contributed by atoms with Gasteiger partial charge in [0.15, 0.2) is 0 Å². The standard InChI is InChI=1S/C10H6NO3.Y/c12-10(13)8-2-1-7-3-4-11(14)6-9(7)5-8;/h1-3,5-6H,(H,12,13);/q-1;. The van der Waals surface area contributed by atoms with Crippen molar-refractivity contribution in [1.29, 1.82) is 0 Å². The van der Waals surface area contributed by atoms with Crippen LogP contribution in [0, 0.1) is 11.4 Å². The Morgan fingerprint density at radius 3 is 2.80 bits per heavy atom. The fourth-order valence-corrected chi connectivity index (χ4v) is 1.25. The molecular formula is C10H6NO3Y-. The summed E-state index contributed by atoms with van der Waals surface area (Å²) in [7, 11) is 0. The molecule has 15 heavy (non-hydrogen) atoms. The van der Waals surface area contributed by atoms with E-state index >= 15 is 0 Å². The van der Waals surface area contributed by atoms with Gasteiger partial charge in [-0.2, -0.15) is 0 Å². The third-order valence-corrected chi connectivity index (χ3v) is 1.94. The Kier molecular flexibility index (Phi) is 3.77. The minimum Gasteiger partial charge on any atom is -0.641 e. The molecule has 0 saturated heterocycles. The summed E-state index contributed by atoms with van der Waals surface area (Å²) in [5, 5.41) is 21.0. The monoisotopic (exact) mass is 277 g/mol. The van der Waals surface area contributed by atoms with Crippen LogP contribution in [0.15, 0.2) is 30.5 Å². The summed E-state index contributed by atoms with van der Waals surface area (Å²) in [6.07, 6.45) is 3.73. The van der Waals surface area contributed by atoms with Gasteiger partial charge >= 0.3 is 5.97 Å². The first kappa shape index (κ1) is 12.1. The van der Waals surface area contributed by atoms with Gasteiger partial charge < -0.3 is 10.3 Å². The van der Waals surface area contributed by atoms with E-state index in [1.165, 1.54) is 24.4 Å². The molecule has 1 aromatic heterocycles. The number of carbonyl (C=O) groups is 1. The first-order valence-electron chi connectivity index (χ1n) is 3.95. The van der Waals surface area contributed by atoms with E-state index in [0.29, 0.717) is 10.1 Å². The molecular weight excluding hydrogens is 271 g/mol. The Bertz CT molecular complexity index is 513. The average molecular weight is 277 g/mol. The van der Waals surface area contributed by atoms with Crippen LogP contribution in [0.3, 0.4) is 0 Å². The Morgan fingerprint density at radius 1 is 1.40 bits per heavy atom. The summed E-state index contributed by atoms with van der Waals surface area (Å²) in [6, 6.07) is 6.12. The van der Waals surface area contributed by atoms with Crippen LogP contribution in [0.2, 0.25) is 0 Å². The molecule has 2 rings (SSSR count). The minimum absolute atomic E-state index is 0. The number of carboxylic acids is 1. The van der Waals surface area contributed by atoms with Crippen molar-refractivity contribution in [3.05, 3.63) is 47.4 Å². The Morgan fingerprint density at radius 2 is 2.13 bits per heavy atom. The molecule has 0 bridgehead atoms. The number of fused-ring (bicyclic) bond motifs is 1. The molecule has 0 amide bonds. The zero-order valence-corrected chi connectivity index (χ0v) is 10.5. The summed E-state index contributed by atoms with van der Waals surface area (Å²) in [5.41, 5.74) is 0.170. The van der Waals surface area contributed by atoms with Crippen molar-refractivity contribution in [2.45, 2.75) is 0 Å². The summed E-state index contributed by atoms with van der Waals surface area (Å²) in [5.74, 6) is -1.00. The Hall–Kier alpha value is -0.996. The van der Waals surface area contributed by atoms with E-state index in [1.807, 2.05) is 0 Å². The number of hydrogen-bond donors (Lipinski definition) is 1. The van der Waals surface area contributed by atoms with Crippen molar-refractivity contribution in [3.8, 4) is 0 Å². The van der Waals surface area contributed by atoms with Gasteiger partial charge in [0.25, 0.3) is 0 Å². The van der Waals surface area contributed by atoms with Crippen molar-refractivity contribution in [3.63, 3.8) is 0 Å². The van der Waals surface area contributed by atoms with E-state index < -0.39 is 5.97 Å². The largest absolute Gasteiger partial charge is 0.641 e. The fraction of sp³-hybridized carbons (Fsp3) is 0. The van der Waals surface area contributed by atoms with Crippen LogP contribution >= 0.6 is 0 Å². The first-order valence-corrected chi connectivity index (χ1v) is 3.95. The predicted molar refractivity (Wildman–Crippen MR) is 48.7 cm³/mol. The van der Waals surface area contributed by atoms with Gasteiger partial charge in [0, 0.05) is 32.7 Å². The molecule has 0 aliphatic rings. The van der Waals surface area contributed by atoms with Gasteiger partial charge in [-0.3, -0.25) is 4.73 Å². The topological polar surface area (TPSA) is 64.2 Å². The molecule has 5 heteroatoms. The van der Waals surface area contributed by atoms with E-state index in [1.54, 1.807) is 6.07 Å². The zero-order valence-electron chi connectivity index (χ0n) is 7.68. The smallest absolute Gasteiger partial charge is 0.335 e. The second kappa shape index (κ2) is 4.68. The average Bonchev–Trinajstić information content (AvgIpc) is 2.16. The number of aromatic carboxylic acids is 1. The van der Waals surface area contributed by atoms with Gasteiger partial charge in [-0.25, -0.2) is 4.79 Å². The van der Waals surface area contributed by atoms with Crippen LogP contribution < -0.4 is 4.73 Å². The van der Waals surface area contributed by atoms with Crippen LogP contribution in [-0.4, -0.2) is 11.1 Å². The molecule has 1 aromatic carbocycles. The molecule has 2 aromatic rings. The van der Waals surface area contributed by atoms with Gasteiger partial charge in [0.2, 0.25) is 0 Å². The zero-order chi connectivity index (χ0) is 10.1. The van der Waals surface area contributed by atoms with E-state index in [9.17, 15) is 10.0 Å². The number of rotatable bonds is 1. The second-order valence-corrected chi connectivity index (χ2v) is 2.88. The predicted octanol–water partition coefficient (Wildman–Crippen LogP) is 0.969. The maximum absolute atomic E-state index is 10.9. The summed E-state index contributed by atoms with van der Waals surface area (Å²) in [4.78, 5) is 10.6. The van der Waals surface area contributed by atoms with Crippen LogP contribution in [0.25, 0.3) is 10.8 Å². The van der Waals surface area contributed by atoms with Crippen LogP contribution in [0.5, 0.6) is 0 Å². The number of benzene rings is 1. The van der Waals surface area contributed by atoms with Gasteiger partial charge in [0.1, 0.15) is 6.20 Å². The number of carboxylic acid groups (broad SMARTS) is 1. The molecule has 0 spiro atoms. The van der Waals surface area contributed by atoms with Crippen molar-refractivity contribution in [1.82, 2.24) is 0 Å². The molecule has 1 radical (unpaired) electrons. The van der Waals surface area contributed by atoms with E-state index in [2.05, 4.69) is 6.20 Å². The molecule has 0 aliphatic heterocycles. The van der Waals surface area contributed by atoms with E-state index in [-0.39, 0.29) is 38.3 Å². The van der Waals surface area contributed by atoms with E-state index in [4.69, 9.17) is 5.11 Å². The third kappa shape index (κ3) is 2.52. The maximum Gasteiger partial charge on any atom is 0.335 e. The third-order valence-electron chi connectivity index (χ3n) is 1.94. The number of pyridine rings is 1. The molecule has 1 heterocycles. The molecule has 0 unspecified atom stereocenters. The van der Waals surface area contributed by atoms with Crippen molar-refractivity contribution < 1.29 is 47.3 Å². The number of aromatic nitrogens is 1. The van der Waals surface area contributed by atoms with Crippen LogP contribution in [-0.2, 0) is 32.7 Å². The van der Waals surface area contributed by atoms with E-state index in [0.717, 1.165) is 5.39 Å². The minimum atomic E-state index is -1.00. The molecule has 4 nitrogen and oxygen atoms in total. The summed E-state index contributed by atoms with van der Waals surface area (Å²) < 4.78 is 0.522. The van der Waals surface area contributed by atoms with Gasteiger partial charge in [0.05, 0.1) is 11.8 Å². The Balaban J connectivity index is 0.00000112. The number of nitrogens with zero attached hydrogens (tertiary/aromatic N) is 1. The summed E-state index contributed by atoms with van der Waals surface area (Å²) in [6.45, 7) is 0. The van der Waals surface area contributed by atoms with Crippen LogP contribution in [0.4, 0.5) is 0 Å². The van der Waals surface area contributed by atoms with Crippen LogP contribution in [0.1, 0.15) is 10.4 Å². The normalized spacial score (nSPS) is 9.60. The molecule has 73 valence electrons. The summed E-state index contributed by atoms with van der Waals surface area (Å²) >= 11 is 0. The molecule has 0 atom stereocenters. The Labute approximate surface area is 111 Å². The van der Waals surface area contributed by atoms with Crippen molar-refractivity contribution in [2.75, 3.05) is 0 Å². The molecule has 0 aliphatic carbocycles. The molecule has 0 saturated carbocycles. The molecule has 0 fully saturated rings. The maximum atomic E-state index is 10.9. The SMILES string of the molecule is O=C(O)c1ccc2c[c-][n+]([O-])cc2c1.[Y]. The second-order valence-electron chi connectivity index (χ2n) is 2.88. The van der Waals surface area contributed by atoms with Crippen molar-refractivity contribution in [2.24, 2.45) is 0 Å². The van der Waals surface area contributed by atoms with Gasteiger partial charge in [-0.15, -0.1) is 11.5 Å². The first-order chi connectivity index (χ1) is 6.66. The molecule has 1 N–H and O–H groups in total. The quantitative estimate of drug-likeness (QED) is 0.480. The van der Waals surface area contributed by atoms with Gasteiger partial charge in [-0.05, 0) is 0 Å². The fourth-order valence-electron chi connectivity index (χ4n) is 1.25. The van der Waals surface area contributed by atoms with Crippen molar-refractivity contribution >= 4 is 16.7 Å².